The Hall–Kier alpha value is -1.06. The van der Waals surface area contributed by atoms with Gasteiger partial charge in [0.2, 0.25) is 0 Å². The van der Waals surface area contributed by atoms with Gasteiger partial charge in [-0.15, -0.1) is 0 Å². The summed E-state index contributed by atoms with van der Waals surface area (Å²) in [5, 5.41) is 12.3. The van der Waals surface area contributed by atoms with Crippen LogP contribution < -0.4 is 10.1 Å². The summed E-state index contributed by atoms with van der Waals surface area (Å²) in [5.74, 6) is 0.852. The molecule has 0 aliphatic carbocycles. The fraction of sp³-hybridized carbons (Fsp3) is 0.455. The summed E-state index contributed by atoms with van der Waals surface area (Å²) in [6, 6.07) is 7.78. The lowest BCUT2D eigenvalue weighted by Crippen LogP contribution is -2.27. The Morgan fingerprint density at radius 1 is 1.36 bits per heavy atom. The molecule has 1 aromatic carbocycles. The van der Waals surface area contributed by atoms with E-state index in [1.165, 1.54) is 0 Å². The van der Waals surface area contributed by atoms with Crippen molar-refractivity contribution in [3.8, 4) is 5.75 Å². The molecule has 0 spiro atoms. The topological polar surface area (TPSA) is 41.5 Å². The fourth-order valence-electron chi connectivity index (χ4n) is 1.12. The van der Waals surface area contributed by atoms with Gasteiger partial charge in [-0.05, 0) is 24.1 Å². The smallest absolute Gasteiger partial charge is 0.118 e. The van der Waals surface area contributed by atoms with Gasteiger partial charge in [0.25, 0.3) is 0 Å². The minimum absolute atomic E-state index is 0.419. The molecular weight excluding hydrogens is 178 g/mol. The molecule has 0 fully saturated rings. The second kappa shape index (κ2) is 5.62. The van der Waals surface area contributed by atoms with Gasteiger partial charge >= 0.3 is 0 Å². The fourth-order valence-corrected chi connectivity index (χ4v) is 1.12. The van der Waals surface area contributed by atoms with Crippen molar-refractivity contribution >= 4 is 0 Å². The summed E-state index contributed by atoms with van der Waals surface area (Å²) >= 11 is 0. The number of aliphatic hydroxyl groups is 1. The van der Waals surface area contributed by atoms with Crippen molar-refractivity contribution in [2.45, 2.75) is 26.1 Å². The highest BCUT2D eigenvalue weighted by Crippen LogP contribution is 2.10. The van der Waals surface area contributed by atoms with Crippen LogP contribution in [0.1, 0.15) is 18.9 Å². The molecule has 0 heterocycles. The SMILES string of the molecule is CCC(O)NCc1ccc(OC)cc1. The largest absolute Gasteiger partial charge is 0.497 e. The van der Waals surface area contributed by atoms with E-state index in [1.54, 1.807) is 7.11 Å². The van der Waals surface area contributed by atoms with E-state index in [-0.39, 0.29) is 0 Å². The lowest BCUT2D eigenvalue weighted by molar-refractivity contribution is 0.131. The summed E-state index contributed by atoms with van der Waals surface area (Å²) < 4.78 is 5.05. The Bertz CT molecular complexity index is 258. The number of hydrogen-bond acceptors (Lipinski definition) is 3. The first-order valence-electron chi connectivity index (χ1n) is 4.80. The van der Waals surface area contributed by atoms with Crippen molar-refractivity contribution < 1.29 is 9.84 Å². The van der Waals surface area contributed by atoms with Crippen molar-refractivity contribution in [2.75, 3.05) is 7.11 Å². The quantitative estimate of drug-likeness (QED) is 0.700. The average Bonchev–Trinajstić information content (AvgIpc) is 2.26. The monoisotopic (exact) mass is 195 g/mol. The zero-order valence-electron chi connectivity index (χ0n) is 8.66. The highest BCUT2D eigenvalue weighted by atomic mass is 16.5. The average molecular weight is 195 g/mol. The number of benzene rings is 1. The molecule has 0 aromatic heterocycles. The summed E-state index contributed by atoms with van der Waals surface area (Å²) in [5.41, 5.74) is 1.14. The molecule has 78 valence electrons. The summed E-state index contributed by atoms with van der Waals surface area (Å²) in [7, 11) is 1.65. The molecular formula is C11H17NO2. The second-order valence-corrected chi connectivity index (χ2v) is 3.15. The maximum Gasteiger partial charge on any atom is 0.118 e. The van der Waals surface area contributed by atoms with Crippen molar-refractivity contribution in [1.82, 2.24) is 5.32 Å². The number of aliphatic hydroxyl groups excluding tert-OH is 1. The van der Waals surface area contributed by atoms with E-state index in [4.69, 9.17) is 4.74 Å². The zero-order valence-corrected chi connectivity index (χ0v) is 8.66. The third-order valence-electron chi connectivity index (χ3n) is 2.09. The Labute approximate surface area is 84.7 Å². The normalized spacial score (nSPS) is 12.5. The lowest BCUT2D eigenvalue weighted by atomic mass is 10.2. The summed E-state index contributed by atoms with van der Waals surface area (Å²) in [6.07, 6.45) is 0.299. The van der Waals surface area contributed by atoms with Gasteiger partial charge in [-0.3, -0.25) is 5.32 Å². The minimum atomic E-state index is -0.419. The van der Waals surface area contributed by atoms with Crippen LogP contribution in [0.2, 0.25) is 0 Å². The Morgan fingerprint density at radius 3 is 2.50 bits per heavy atom. The van der Waals surface area contributed by atoms with Crippen molar-refractivity contribution in [3.05, 3.63) is 29.8 Å². The molecule has 1 aromatic rings. The lowest BCUT2D eigenvalue weighted by Gasteiger charge is -2.10. The van der Waals surface area contributed by atoms with E-state index in [2.05, 4.69) is 5.32 Å². The molecule has 0 amide bonds. The number of ether oxygens (including phenoxy) is 1. The van der Waals surface area contributed by atoms with Gasteiger partial charge in [-0.25, -0.2) is 0 Å². The van der Waals surface area contributed by atoms with E-state index in [1.807, 2.05) is 31.2 Å². The Balaban J connectivity index is 2.43. The van der Waals surface area contributed by atoms with Gasteiger partial charge in [0, 0.05) is 6.54 Å². The highest BCUT2D eigenvalue weighted by Gasteiger charge is 1.99. The third-order valence-corrected chi connectivity index (χ3v) is 2.09. The van der Waals surface area contributed by atoms with Crippen LogP contribution in [-0.4, -0.2) is 18.4 Å². The van der Waals surface area contributed by atoms with E-state index in [0.717, 1.165) is 17.7 Å². The van der Waals surface area contributed by atoms with Gasteiger partial charge in [-0.2, -0.15) is 0 Å². The van der Waals surface area contributed by atoms with Crippen molar-refractivity contribution in [2.24, 2.45) is 0 Å². The Kier molecular flexibility index (Phi) is 4.43. The standard InChI is InChI=1S/C11H17NO2/c1-3-11(13)12-8-9-4-6-10(14-2)7-5-9/h4-7,11-13H,3,8H2,1-2H3. The van der Waals surface area contributed by atoms with Gasteiger partial charge in [0.05, 0.1) is 7.11 Å². The van der Waals surface area contributed by atoms with Crippen LogP contribution in [-0.2, 0) is 6.54 Å². The van der Waals surface area contributed by atoms with Crippen LogP contribution in [0.5, 0.6) is 5.75 Å². The van der Waals surface area contributed by atoms with Crippen LogP contribution in [0.25, 0.3) is 0 Å². The predicted octanol–water partition coefficient (Wildman–Crippen LogP) is 1.51. The van der Waals surface area contributed by atoms with Crippen LogP contribution in [0.4, 0.5) is 0 Å². The van der Waals surface area contributed by atoms with Gasteiger partial charge in [0.15, 0.2) is 0 Å². The second-order valence-electron chi connectivity index (χ2n) is 3.15. The van der Waals surface area contributed by atoms with Crippen LogP contribution >= 0.6 is 0 Å². The Morgan fingerprint density at radius 2 is 2.00 bits per heavy atom. The van der Waals surface area contributed by atoms with Gasteiger partial charge < -0.3 is 9.84 Å². The first-order valence-corrected chi connectivity index (χ1v) is 4.80. The van der Waals surface area contributed by atoms with E-state index in [0.29, 0.717) is 6.54 Å². The van der Waals surface area contributed by atoms with E-state index in [9.17, 15) is 5.11 Å². The van der Waals surface area contributed by atoms with E-state index >= 15 is 0 Å². The summed E-state index contributed by atoms with van der Waals surface area (Å²) in [4.78, 5) is 0. The molecule has 14 heavy (non-hydrogen) atoms. The van der Waals surface area contributed by atoms with Crippen molar-refractivity contribution in [1.29, 1.82) is 0 Å². The number of hydrogen-bond donors (Lipinski definition) is 2. The highest BCUT2D eigenvalue weighted by molar-refractivity contribution is 5.26. The molecule has 3 nitrogen and oxygen atoms in total. The number of nitrogens with one attached hydrogen (secondary N) is 1. The van der Waals surface area contributed by atoms with Crippen molar-refractivity contribution in [3.63, 3.8) is 0 Å². The first kappa shape index (κ1) is 11.0. The van der Waals surface area contributed by atoms with E-state index < -0.39 is 6.23 Å². The van der Waals surface area contributed by atoms with Gasteiger partial charge in [0.1, 0.15) is 12.0 Å². The molecule has 0 bridgehead atoms. The maximum absolute atomic E-state index is 9.28. The zero-order chi connectivity index (χ0) is 10.4. The molecule has 0 saturated carbocycles. The van der Waals surface area contributed by atoms with Gasteiger partial charge in [-0.1, -0.05) is 19.1 Å². The molecule has 1 atom stereocenters. The maximum atomic E-state index is 9.28. The number of rotatable bonds is 5. The molecule has 1 rings (SSSR count). The number of methoxy groups -OCH3 is 1. The molecule has 2 N–H and O–H groups in total. The molecule has 1 unspecified atom stereocenters. The minimum Gasteiger partial charge on any atom is -0.497 e. The van der Waals surface area contributed by atoms with Crippen LogP contribution in [0, 0.1) is 0 Å². The molecule has 0 aliphatic rings. The molecule has 0 aliphatic heterocycles. The molecule has 0 radical (unpaired) electrons. The molecule has 0 saturated heterocycles. The van der Waals surface area contributed by atoms with Crippen LogP contribution in [0.3, 0.4) is 0 Å². The first-order chi connectivity index (χ1) is 6.76. The molecule has 3 heteroatoms. The van der Waals surface area contributed by atoms with Crippen LogP contribution in [0.15, 0.2) is 24.3 Å². The predicted molar refractivity (Wildman–Crippen MR) is 56.1 cm³/mol. The third kappa shape index (κ3) is 3.36. The summed E-state index contributed by atoms with van der Waals surface area (Å²) in [6.45, 7) is 2.62.